The molecule has 0 saturated carbocycles. The maximum atomic E-state index is 13.3. The van der Waals surface area contributed by atoms with Crippen LogP contribution in [0.4, 0.5) is 0 Å². The molecule has 6 nitrogen and oxygen atoms in total. The van der Waals surface area contributed by atoms with Crippen LogP contribution >= 0.6 is 22.7 Å². The number of nitrogens with zero attached hydrogens (tertiary/aromatic N) is 2. The van der Waals surface area contributed by atoms with Gasteiger partial charge in [0.1, 0.15) is 15.6 Å². The number of furan rings is 1. The molecule has 1 fully saturated rings. The fourth-order valence-electron chi connectivity index (χ4n) is 3.19. The lowest BCUT2D eigenvalue weighted by atomic mass is 10.2. The van der Waals surface area contributed by atoms with E-state index < -0.39 is 9.84 Å². The molecule has 1 saturated heterocycles. The highest BCUT2D eigenvalue weighted by Crippen LogP contribution is 2.33. The second kappa shape index (κ2) is 7.21. The molecule has 1 aliphatic rings. The SMILES string of the molecule is Cc1nc(-c2cccs2)sc1C(=O)N(Cc1ccco1)[C@@H]1CCS(=O)(=O)C1. The fraction of sp³-hybridized carbons (Fsp3) is 0.333. The molecule has 1 atom stereocenters. The van der Waals surface area contributed by atoms with Crippen molar-refractivity contribution in [3.63, 3.8) is 0 Å². The first-order valence-corrected chi connectivity index (χ1v) is 12.0. The summed E-state index contributed by atoms with van der Waals surface area (Å²) < 4.78 is 29.3. The van der Waals surface area contributed by atoms with Crippen LogP contribution in [0.3, 0.4) is 0 Å². The number of hydrogen-bond donors (Lipinski definition) is 0. The molecule has 0 bridgehead atoms. The lowest BCUT2D eigenvalue weighted by Gasteiger charge is -2.27. The van der Waals surface area contributed by atoms with E-state index in [2.05, 4.69) is 4.98 Å². The van der Waals surface area contributed by atoms with Crippen molar-refractivity contribution in [3.8, 4) is 9.88 Å². The Morgan fingerprint density at radius 1 is 1.37 bits per heavy atom. The van der Waals surface area contributed by atoms with E-state index in [4.69, 9.17) is 4.42 Å². The van der Waals surface area contributed by atoms with Crippen LogP contribution in [0.15, 0.2) is 40.3 Å². The Morgan fingerprint density at radius 3 is 2.85 bits per heavy atom. The van der Waals surface area contributed by atoms with Crippen molar-refractivity contribution in [2.75, 3.05) is 11.5 Å². The molecule has 0 aromatic carbocycles. The maximum Gasteiger partial charge on any atom is 0.266 e. The van der Waals surface area contributed by atoms with Gasteiger partial charge in [-0.3, -0.25) is 4.79 Å². The summed E-state index contributed by atoms with van der Waals surface area (Å²) in [5.41, 5.74) is 0.665. The third-order valence-corrected chi connectivity index (χ3v) is 8.47. The van der Waals surface area contributed by atoms with E-state index in [1.54, 1.807) is 34.6 Å². The molecule has 1 aliphatic heterocycles. The minimum atomic E-state index is -3.11. The van der Waals surface area contributed by atoms with Crippen molar-refractivity contribution in [2.45, 2.75) is 25.9 Å². The number of sulfone groups is 1. The Kier molecular flexibility index (Phi) is 4.92. The summed E-state index contributed by atoms with van der Waals surface area (Å²) in [4.78, 5) is 21.1. The monoisotopic (exact) mass is 422 g/mol. The summed E-state index contributed by atoms with van der Waals surface area (Å²) in [5, 5.41) is 2.78. The van der Waals surface area contributed by atoms with Crippen LogP contribution < -0.4 is 0 Å². The van der Waals surface area contributed by atoms with Crippen LogP contribution in [0.25, 0.3) is 9.88 Å². The number of thiazole rings is 1. The maximum absolute atomic E-state index is 13.3. The van der Waals surface area contributed by atoms with Gasteiger partial charge in [-0.25, -0.2) is 13.4 Å². The van der Waals surface area contributed by atoms with Gasteiger partial charge in [0.25, 0.3) is 5.91 Å². The minimum absolute atomic E-state index is 0.00488. The number of hydrogen-bond acceptors (Lipinski definition) is 7. The molecule has 0 unspecified atom stereocenters. The van der Waals surface area contributed by atoms with Crippen molar-refractivity contribution in [3.05, 3.63) is 52.2 Å². The van der Waals surface area contributed by atoms with Gasteiger partial charge in [0.05, 0.1) is 34.9 Å². The number of aromatic nitrogens is 1. The van der Waals surface area contributed by atoms with Crippen LogP contribution in [0, 0.1) is 6.92 Å². The van der Waals surface area contributed by atoms with E-state index in [1.165, 1.54) is 11.3 Å². The molecule has 0 N–H and O–H groups in total. The Labute approximate surface area is 165 Å². The molecule has 1 amide bonds. The van der Waals surface area contributed by atoms with Gasteiger partial charge < -0.3 is 9.32 Å². The predicted octanol–water partition coefficient (Wildman–Crippen LogP) is 3.60. The Hall–Kier alpha value is -1.97. The molecule has 27 heavy (non-hydrogen) atoms. The summed E-state index contributed by atoms with van der Waals surface area (Å²) in [5.74, 6) is 0.552. The summed E-state index contributed by atoms with van der Waals surface area (Å²) in [7, 11) is -3.11. The number of rotatable bonds is 5. The predicted molar refractivity (Wildman–Crippen MR) is 106 cm³/mol. The quantitative estimate of drug-likeness (QED) is 0.628. The van der Waals surface area contributed by atoms with E-state index in [0.717, 1.165) is 9.88 Å². The summed E-state index contributed by atoms with van der Waals surface area (Å²) in [6.45, 7) is 2.06. The zero-order valence-corrected chi connectivity index (χ0v) is 17.1. The highest BCUT2D eigenvalue weighted by atomic mass is 32.2. The number of thiophene rings is 1. The molecule has 142 valence electrons. The van der Waals surface area contributed by atoms with Gasteiger partial charge in [-0.1, -0.05) is 6.07 Å². The number of amides is 1. The van der Waals surface area contributed by atoms with Gasteiger partial charge in [0.2, 0.25) is 0 Å². The molecule has 0 spiro atoms. The number of carbonyl (C=O) groups is 1. The first-order chi connectivity index (χ1) is 12.9. The molecular formula is C18H18N2O4S3. The topological polar surface area (TPSA) is 80.5 Å². The second-order valence-electron chi connectivity index (χ2n) is 6.48. The smallest absolute Gasteiger partial charge is 0.266 e. The van der Waals surface area contributed by atoms with Crippen molar-refractivity contribution < 1.29 is 17.6 Å². The van der Waals surface area contributed by atoms with Gasteiger partial charge in [0, 0.05) is 6.04 Å². The molecule has 3 aromatic rings. The highest BCUT2D eigenvalue weighted by molar-refractivity contribution is 7.91. The highest BCUT2D eigenvalue weighted by Gasteiger charge is 2.36. The van der Waals surface area contributed by atoms with Crippen molar-refractivity contribution in [1.82, 2.24) is 9.88 Å². The van der Waals surface area contributed by atoms with Gasteiger partial charge in [-0.15, -0.1) is 22.7 Å². The van der Waals surface area contributed by atoms with Gasteiger partial charge >= 0.3 is 0 Å². The van der Waals surface area contributed by atoms with Crippen molar-refractivity contribution in [2.24, 2.45) is 0 Å². The summed E-state index contributed by atoms with van der Waals surface area (Å²) in [6.07, 6.45) is 2.00. The normalized spacial score (nSPS) is 18.6. The third-order valence-electron chi connectivity index (χ3n) is 4.54. The average Bonchev–Trinajstić information content (AvgIpc) is 3.39. The van der Waals surface area contributed by atoms with Crippen LogP contribution in [0.2, 0.25) is 0 Å². The molecule has 9 heteroatoms. The molecule has 0 radical (unpaired) electrons. The van der Waals surface area contributed by atoms with Crippen molar-refractivity contribution >= 4 is 38.4 Å². The molecule has 4 heterocycles. The van der Waals surface area contributed by atoms with Crippen LogP contribution in [-0.4, -0.2) is 41.8 Å². The molecule has 0 aliphatic carbocycles. The van der Waals surface area contributed by atoms with E-state index in [0.29, 0.717) is 22.8 Å². The first-order valence-electron chi connectivity index (χ1n) is 8.48. The molecule has 4 rings (SSSR count). The van der Waals surface area contributed by atoms with E-state index in [-0.39, 0.29) is 30.0 Å². The Morgan fingerprint density at radius 2 is 2.22 bits per heavy atom. The summed E-state index contributed by atoms with van der Waals surface area (Å²) in [6, 6.07) is 7.13. The van der Waals surface area contributed by atoms with E-state index in [9.17, 15) is 13.2 Å². The van der Waals surface area contributed by atoms with Crippen LogP contribution in [-0.2, 0) is 16.4 Å². The lowest BCUT2D eigenvalue weighted by Crippen LogP contribution is -2.40. The first kappa shape index (κ1) is 18.4. The van der Waals surface area contributed by atoms with Gasteiger partial charge in [-0.05, 0) is 36.9 Å². The number of carbonyl (C=O) groups excluding carboxylic acids is 1. The number of aryl methyl sites for hydroxylation is 1. The van der Waals surface area contributed by atoms with E-state index >= 15 is 0 Å². The van der Waals surface area contributed by atoms with Crippen molar-refractivity contribution in [1.29, 1.82) is 0 Å². The lowest BCUT2D eigenvalue weighted by molar-refractivity contribution is 0.0670. The molecule has 3 aromatic heterocycles. The van der Waals surface area contributed by atoms with Gasteiger partial charge in [-0.2, -0.15) is 0 Å². The minimum Gasteiger partial charge on any atom is -0.467 e. The van der Waals surface area contributed by atoms with Crippen LogP contribution in [0.5, 0.6) is 0 Å². The average molecular weight is 423 g/mol. The van der Waals surface area contributed by atoms with Gasteiger partial charge in [0.15, 0.2) is 9.84 Å². The summed E-state index contributed by atoms with van der Waals surface area (Å²) >= 11 is 2.93. The fourth-order valence-corrected chi connectivity index (χ4v) is 6.74. The largest absolute Gasteiger partial charge is 0.467 e. The standard InChI is InChI=1S/C18H18N2O4S3/c1-12-16(26-17(19-12)15-5-3-8-25-15)18(21)20(10-14-4-2-7-24-14)13-6-9-27(22,23)11-13/h2-5,7-8,13H,6,9-11H2,1H3/t13-/m1/s1. The Balaban J connectivity index is 1.66. The zero-order chi connectivity index (χ0) is 19.0. The van der Waals surface area contributed by atoms with Crippen LogP contribution in [0.1, 0.15) is 27.5 Å². The molecular weight excluding hydrogens is 404 g/mol. The Bertz CT molecular complexity index is 1040. The second-order valence-corrected chi connectivity index (χ2v) is 10.7. The third kappa shape index (κ3) is 3.85. The van der Waals surface area contributed by atoms with E-state index in [1.807, 2.05) is 24.4 Å². The zero-order valence-electron chi connectivity index (χ0n) is 14.6.